The lowest BCUT2D eigenvalue weighted by Crippen LogP contribution is -2.15. The maximum Gasteiger partial charge on any atom is 0.170 e. The topological polar surface area (TPSA) is 43.4 Å². The molecule has 0 spiro atoms. The minimum atomic E-state index is -0.122. The lowest BCUT2D eigenvalue weighted by Gasteiger charge is -2.07. The lowest BCUT2D eigenvalue weighted by molar-refractivity contribution is -0.121. The van der Waals surface area contributed by atoms with Crippen LogP contribution in [0.3, 0.4) is 0 Å². The van der Waals surface area contributed by atoms with Crippen LogP contribution in [-0.4, -0.2) is 18.2 Å². The van der Waals surface area contributed by atoms with Crippen molar-refractivity contribution in [3.8, 4) is 5.75 Å². The van der Waals surface area contributed by atoms with Crippen molar-refractivity contribution in [1.29, 1.82) is 0 Å². The molecule has 0 saturated heterocycles. The number of Topliss-reactive ketones (excluding diaryl/α,β-unsaturated/α-hetero) is 2. The fourth-order valence-corrected chi connectivity index (χ4v) is 1.57. The molecule has 0 aliphatic heterocycles. The molecular formula is C15H20O3. The molecule has 0 radical (unpaired) electrons. The second-order valence-corrected chi connectivity index (χ2v) is 4.33. The normalized spacial score (nSPS) is 11.9. The molecule has 0 bridgehead atoms. The Morgan fingerprint density at radius 3 is 2.28 bits per heavy atom. The van der Waals surface area contributed by atoms with E-state index < -0.39 is 0 Å². The van der Waals surface area contributed by atoms with Gasteiger partial charge in [-0.15, -0.1) is 0 Å². The summed E-state index contributed by atoms with van der Waals surface area (Å²) in [4.78, 5) is 23.6. The van der Waals surface area contributed by atoms with E-state index in [1.807, 2.05) is 20.8 Å². The zero-order valence-electron chi connectivity index (χ0n) is 11.2. The standard InChI is InChI=1S/C15H20O3/c1-4-11(3)14(16)10-15(17)12-6-8-13(9-7-12)18-5-2/h6-9,11H,4-5,10H2,1-3H3. The molecule has 98 valence electrons. The monoisotopic (exact) mass is 248 g/mol. The number of carbonyl (C=O) groups is 2. The summed E-state index contributed by atoms with van der Waals surface area (Å²) >= 11 is 0. The molecule has 0 saturated carbocycles. The molecule has 18 heavy (non-hydrogen) atoms. The Kier molecular flexibility index (Phi) is 5.56. The van der Waals surface area contributed by atoms with Crippen molar-refractivity contribution in [3.63, 3.8) is 0 Å². The minimum Gasteiger partial charge on any atom is -0.494 e. The molecule has 0 aromatic heterocycles. The third-order valence-corrected chi connectivity index (χ3v) is 2.98. The van der Waals surface area contributed by atoms with E-state index in [2.05, 4.69) is 0 Å². The van der Waals surface area contributed by atoms with E-state index in [0.29, 0.717) is 12.2 Å². The van der Waals surface area contributed by atoms with Crippen molar-refractivity contribution >= 4 is 11.6 Å². The maximum atomic E-state index is 11.9. The van der Waals surface area contributed by atoms with Gasteiger partial charge in [-0.05, 0) is 37.6 Å². The van der Waals surface area contributed by atoms with Crippen molar-refractivity contribution in [2.24, 2.45) is 5.92 Å². The quantitative estimate of drug-likeness (QED) is 0.549. The molecule has 3 nitrogen and oxygen atoms in total. The molecule has 1 aromatic rings. The number of ketones is 2. The maximum absolute atomic E-state index is 11.9. The average Bonchev–Trinajstić information content (AvgIpc) is 2.38. The van der Waals surface area contributed by atoms with Gasteiger partial charge >= 0.3 is 0 Å². The Bertz CT molecular complexity index is 406. The Balaban J connectivity index is 2.64. The highest BCUT2D eigenvalue weighted by Crippen LogP contribution is 2.15. The Hall–Kier alpha value is -1.64. The summed E-state index contributed by atoms with van der Waals surface area (Å²) in [5.41, 5.74) is 0.565. The molecular weight excluding hydrogens is 228 g/mol. The van der Waals surface area contributed by atoms with Gasteiger partial charge in [-0.1, -0.05) is 13.8 Å². The Morgan fingerprint density at radius 1 is 1.17 bits per heavy atom. The molecule has 3 heteroatoms. The SMILES string of the molecule is CCOc1ccc(C(=O)CC(=O)C(C)CC)cc1. The fraction of sp³-hybridized carbons (Fsp3) is 0.467. The van der Waals surface area contributed by atoms with Crippen LogP contribution in [0, 0.1) is 5.92 Å². The van der Waals surface area contributed by atoms with Gasteiger partial charge in [0, 0.05) is 11.5 Å². The second kappa shape index (κ2) is 6.94. The predicted octanol–water partition coefficient (Wildman–Crippen LogP) is 3.27. The van der Waals surface area contributed by atoms with Crippen LogP contribution in [0.25, 0.3) is 0 Å². The van der Waals surface area contributed by atoms with Gasteiger partial charge in [-0.3, -0.25) is 9.59 Å². The van der Waals surface area contributed by atoms with Gasteiger partial charge in [0.15, 0.2) is 5.78 Å². The predicted molar refractivity (Wildman–Crippen MR) is 71.0 cm³/mol. The summed E-state index contributed by atoms with van der Waals surface area (Å²) < 4.78 is 5.30. The second-order valence-electron chi connectivity index (χ2n) is 4.33. The first-order chi connectivity index (χ1) is 8.58. The molecule has 0 amide bonds. The van der Waals surface area contributed by atoms with Crippen molar-refractivity contribution in [1.82, 2.24) is 0 Å². The summed E-state index contributed by atoms with van der Waals surface area (Å²) in [5.74, 6) is 0.582. The Labute approximate surface area is 108 Å². The van der Waals surface area contributed by atoms with Crippen molar-refractivity contribution < 1.29 is 14.3 Å². The first-order valence-corrected chi connectivity index (χ1v) is 6.37. The summed E-state index contributed by atoms with van der Waals surface area (Å²) in [6.07, 6.45) is 0.762. The van der Waals surface area contributed by atoms with Gasteiger partial charge in [0.2, 0.25) is 0 Å². The van der Waals surface area contributed by atoms with Crippen LogP contribution in [-0.2, 0) is 4.79 Å². The van der Waals surface area contributed by atoms with Crippen LogP contribution in [0.1, 0.15) is 44.0 Å². The highest BCUT2D eigenvalue weighted by Gasteiger charge is 2.16. The van der Waals surface area contributed by atoms with Crippen LogP contribution >= 0.6 is 0 Å². The van der Waals surface area contributed by atoms with Gasteiger partial charge in [-0.2, -0.15) is 0 Å². The highest BCUT2D eigenvalue weighted by atomic mass is 16.5. The lowest BCUT2D eigenvalue weighted by atomic mass is 9.97. The summed E-state index contributed by atoms with van der Waals surface area (Å²) in [6, 6.07) is 6.92. The van der Waals surface area contributed by atoms with E-state index in [4.69, 9.17) is 4.74 Å². The van der Waals surface area contributed by atoms with E-state index in [9.17, 15) is 9.59 Å². The molecule has 0 fully saturated rings. The number of hydrogen-bond acceptors (Lipinski definition) is 3. The molecule has 0 aliphatic rings. The van der Waals surface area contributed by atoms with E-state index >= 15 is 0 Å². The minimum absolute atomic E-state index is 0.0105. The van der Waals surface area contributed by atoms with Crippen molar-refractivity contribution in [3.05, 3.63) is 29.8 Å². The number of ether oxygens (including phenoxy) is 1. The fourth-order valence-electron chi connectivity index (χ4n) is 1.57. The van der Waals surface area contributed by atoms with Crippen LogP contribution in [0.15, 0.2) is 24.3 Å². The van der Waals surface area contributed by atoms with Gasteiger partial charge in [0.25, 0.3) is 0 Å². The molecule has 1 atom stereocenters. The van der Waals surface area contributed by atoms with Crippen molar-refractivity contribution in [2.45, 2.75) is 33.6 Å². The van der Waals surface area contributed by atoms with E-state index in [1.165, 1.54) is 0 Å². The summed E-state index contributed by atoms with van der Waals surface area (Å²) in [6.45, 7) is 6.31. The first kappa shape index (κ1) is 14.4. The zero-order chi connectivity index (χ0) is 13.5. The van der Waals surface area contributed by atoms with Crippen LogP contribution in [0.4, 0.5) is 0 Å². The number of benzene rings is 1. The van der Waals surface area contributed by atoms with Gasteiger partial charge in [0.1, 0.15) is 11.5 Å². The van der Waals surface area contributed by atoms with E-state index in [0.717, 1.165) is 12.2 Å². The van der Waals surface area contributed by atoms with Crippen LogP contribution in [0.2, 0.25) is 0 Å². The molecule has 1 rings (SSSR count). The zero-order valence-corrected chi connectivity index (χ0v) is 11.2. The molecule has 0 N–H and O–H groups in total. The molecule has 1 aromatic carbocycles. The van der Waals surface area contributed by atoms with Gasteiger partial charge < -0.3 is 4.74 Å². The first-order valence-electron chi connectivity index (χ1n) is 6.37. The number of hydrogen-bond donors (Lipinski definition) is 0. The average molecular weight is 248 g/mol. The molecule has 0 aliphatic carbocycles. The Morgan fingerprint density at radius 2 is 1.78 bits per heavy atom. The third-order valence-electron chi connectivity index (χ3n) is 2.98. The number of carbonyl (C=O) groups excluding carboxylic acids is 2. The largest absolute Gasteiger partial charge is 0.494 e. The summed E-state index contributed by atoms with van der Waals surface area (Å²) in [5, 5.41) is 0. The number of rotatable bonds is 7. The third kappa shape index (κ3) is 3.99. The van der Waals surface area contributed by atoms with E-state index in [-0.39, 0.29) is 23.9 Å². The van der Waals surface area contributed by atoms with Crippen molar-refractivity contribution in [2.75, 3.05) is 6.61 Å². The van der Waals surface area contributed by atoms with Gasteiger partial charge in [-0.25, -0.2) is 0 Å². The molecule has 1 unspecified atom stereocenters. The summed E-state index contributed by atoms with van der Waals surface area (Å²) in [7, 11) is 0. The van der Waals surface area contributed by atoms with Gasteiger partial charge in [0.05, 0.1) is 13.0 Å². The van der Waals surface area contributed by atoms with Crippen LogP contribution in [0.5, 0.6) is 5.75 Å². The van der Waals surface area contributed by atoms with E-state index in [1.54, 1.807) is 24.3 Å². The smallest absolute Gasteiger partial charge is 0.170 e. The van der Waals surface area contributed by atoms with Crippen LogP contribution < -0.4 is 4.74 Å². The molecule has 0 heterocycles. The highest BCUT2D eigenvalue weighted by molar-refractivity contribution is 6.08.